The van der Waals surface area contributed by atoms with E-state index in [0.29, 0.717) is 4.57 Å². The number of hydrogen-bond donors (Lipinski definition) is 0. The highest BCUT2D eigenvalue weighted by atomic mass is 35.5. The number of aromatic nitrogens is 1. The number of methoxy groups -OCH3 is 1. The van der Waals surface area contributed by atoms with Gasteiger partial charge < -0.3 is 9.30 Å². The Kier molecular flexibility index (Phi) is 8.71. The van der Waals surface area contributed by atoms with Crippen LogP contribution in [-0.4, -0.2) is 24.3 Å². The number of hydrogen-bond acceptors (Lipinski definition) is 4. The maximum Gasteiger partial charge on any atom is 0.432 e. The third kappa shape index (κ3) is 5.44. The van der Waals surface area contributed by atoms with Gasteiger partial charge in [-0.05, 0) is 13.0 Å². The molecule has 0 aliphatic carbocycles. The monoisotopic (exact) mass is 515 g/mol. The molecule has 2 aromatic rings. The van der Waals surface area contributed by atoms with E-state index in [1.54, 1.807) is 0 Å². The molecule has 0 saturated carbocycles. The van der Waals surface area contributed by atoms with Gasteiger partial charge in [0.15, 0.2) is 5.75 Å². The number of benzene rings is 1. The van der Waals surface area contributed by atoms with E-state index in [1.165, 1.54) is 14.0 Å². The Balaban J connectivity index is 2.81. The summed E-state index contributed by atoms with van der Waals surface area (Å²) in [5, 5.41) is -1.54. The smallest absolute Gasteiger partial charge is 0.372 e. The molecule has 1 aromatic heterocycles. The molecule has 1 aromatic carbocycles. The predicted molar refractivity (Wildman–Crippen MR) is 111 cm³/mol. The maximum atomic E-state index is 15.5. The van der Waals surface area contributed by atoms with E-state index in [9.17, 15) is 18.0 Å². The van der Waals surface area contributed by atoms with Crippen LogP contribution < -0.4 is 4.89 Å². The van der Waals surface area contributed by atoms with Gasteiger partial charge in [-0.1, -0.05) is 46.6 Å². The molecule has 12 heteroatoms. The zero-order valence-corrected chi connectivity index (χ0v) is 19.2. The van der Waals surface area contributed by atoms with Crippen molar-refractivity contribution in [2.75, 3.05) is 13.7 Å². The van der Waals surface area contributed by atoms with E-state index in [4.69, 9.17) is 44.4 Å². The number of rotatable bonds is 6. The number of carbonyl (C=O) groups excluding carboxylic acids is 1. The second kappa shape index (κ2) is 10.7. The average Bonchev–Trinajstić information content (AvgIpc) is 2.96. The van der Waals surface area contributed by atoms with Crippen molar-refractivity contribution in [3.05, 3.63) is 38.3 Å². The molecule has 0 bridgehead atoms. The normalized spacial score (nSPS) is 11.2. The van der Waals surface area contributed by atoms with Gasteiger partial charge in [-0.25, -0.2) is 9.18 Å². The lowest BCUT2D eigenvalue weighted by atomic mass is 10.0. The van der Waals surface area contributed by atoms with Crippen LogP contribution in [0.5, 0.6) is 5.75 Å². The largest absolute Gasteiger partial charge is 0.432 e. The molecule has 1 heterocycles. The SMILES string of the molecule is CCn1c(Cl)c(-c2cc(OOC(C)=O)c(Cl)c(CC#CCOC)c2F)c(Cl)c1C(F)(F)F. The highest BCUT2D eigenvalue weighted by molar-refractivity contribution is 6.40. The summed E-state index contributed by atoms with van der Waals surface area (Å²) in [6.07, 6.45) is -5.11. The van der Waals surface area contributed by atoms with E-state index < -0.39 is 45.0 Å². The van der Waals surface area contributed by atoms with Gasteiger partial charge >= 0.3 is 12.1 Å². The molecule has 0 amide bonds. The lowest BCUT2D eigenvalue weighted by Gasteiger charge is -2.13. The fourth-order valence-electron chi connectivity index (χ4n) is 2.81. The standard InChI is InChI=1S/C20H16Cl3F4NO4/c1-4-28-18(20(25,26)27)16(22)14(19(28)23)12-9-13(32-31-10(2)29)15(21)11(17(12)24)7-5-6-8-30-3/h9H,4,7-8H2,1-3H3. The van der Waals surface area contributed by atoms with Crippen molar-refractivity contribution in [2.24, 2.45) is 0 Å². The van der Waals surface area contributed by atoms with Crippen LogP contribution in [0.1, 0.15) is 25.1 Å². The third-order valence-electron chi connectivity index (χ3n) is 4.11. The van der Waals surface area contributed by atoms with Gasteiger partial charge in [0, 0.05) is 43.7 Å². The topological polar surface area (TPSA) is 49.7 Å². The molecule has 0 radical (unpaired) electrons. The van der Waals surface area contributed by atoms with Crippen LogP contribution in [0.3, 0.4) is 0 Å². The molecule has 0 aliphatic heterocycles. The van der Waals surface area contributed by atoms with Crippen molar-refractivity contribution in [1.29, 1.82) is 0 Å². The summed E-state index contributed by atoms with van der Waals surface area (Å²) in [5.41, 5.74) is -2.32. The minimum atomic E-state index is -4.86. The van der Waals surface area contributed by atoms with Crippen LogP contribution in [0.4, 0.5) is 17.6 Å². The van der Waals surface area contributed by atoms with Crippen molar-refractivity contribution in [3.63, 3.8) is 0 Å². The number of nitrogens with zero attached hydrogens (tertiary/aromatic N) is 1. The molecule has 32 heavy (non-hydrogen) atoms. The van der Waals surface area contributed by atoms with Crippen LogP contribution in [0.25, 0.3) is 11.1 Å². The summed E-state index contributed by atoms with van der Waals surface area (Å²) in [4.78, 5) is 20.4. The second-order valence-electron chi connectivity index (χ2n) is 6.22. The average molecular weight is 517 g/mol. The zero-order valence-electron chi connectivity index (χ0n) is 16.9. The van der Waals surface area contributed by atoms with Gasteiger partial charge in [0.2, 0.25) is 0 Å². The minimum Gasteiger partial charge on any atom is -0.372 e. The predicted octanol–water partition coefficient (Wildman–Crippen LogP) is 6.34. The second-order valence-corrected chi connectivity index (χ2v) is 7.33. The molecular weight excluding hydrogens is 501 g/mol. The number of ether oxygens (including phenoxy) is 1. The first-order chi connectivity index (χ1) is 14.9. The van der Waals surface area contributed by atoms with Gasteiger partial charge in [-0.2, -0.15) is 13.2 Å². The Bertz CT molecular complexity index is 1090. The minimum absolute atomic E-state index is 0.0572. The van der Waals surface area contributed by atoms with Crippen LogP contribution >= 0.6 is 34.8 Å². The first-order valence-electron chi connectivity index (χ1n) is 8.91. The first-order valence-corrected chi connectivity index (χ1v) is 10.0. The molecule has 0 saturated heterocycles. The molecular formula is C20H16Cl3F4NO4. The van der Waals surface area contributed by atoms with Crippen LogP contribution in [-0.2, 0) is 33.6 Å². The Morgan fingerprint density at radius 2 is 1.84 bits per heavy atom. The summed E-state index contributed by atoms with van der Waals surface area (Å²) in [7, 11) is 1.41. The third-order valence-corrected chi connectivity index (χ3v) is 5.28. The lowest BCUT2D eigenvalue weighted by Crippen LogP contribution is -2.13. The molecule has 2 rings (SSSR count). The quantitative estimate of drug-likeness (QED) is 0.195. The highest BCUT2D eigenvalue weighted by Crippen LogP contribution is 2.48. The Morgan fingerprint density at radius 3 is 2.34 bits per heavy atom. The first kappa shape index (κ1) is 26.1. The molecule has 0 fully saturated rings. The van der Waals surface area contributed by atoms with E-state index in [2.05, 4.69) is 16.7 Å². The van der Waals surface area contributed by atoms with Crippen molar-refractivity contribution in [1.82, 2.24) is 4.57 Å². The van der Waals surface area contributed by atoms with E-state index in [1.807, 2.05) is 0 Å². The molecule has 0 atom stereocenters. The molecule has 0 N–H and O–H groups in total. The fraction of sp³-hybridized carbons (Fsp3) is 0.350. The van der Waals surface area contributed by atoms with Crippen LogP contribution in [0.15, 0.2) is 6.07 Å². The fourth-order valence-corrected chi connectivity index (χ4v) is 3.89. The van der Waals surface area contributed by atoms with Crippen molar-refractivity contribution in [2.45, 2.75) is 33.0 Å². The van der Waals surface area contributed by atoms with Gasteiger partial charge in [0.1, 0.15) is 23.3 Å². The van der Waals surface area contributed by atoms with Crippen LogP contribution in [0, 0.1) is 17.7 Å². The van der Waals surface area contributed by atoms with E-state index in [0.717, 1.165) is 13.0 Å². The Labute approximate surface area is 196 Å². The van der Waals surface area contributed by atoms with Crippen molar-refractivity contribution < 1.29 is 36.9 Å². The molecule has 0 spiro atoms. The van der Waals surface area contributed by atoms with Gasteiger partial charge in [0.05, 0.1) is 10.0 Å². The molecule has 174 valence electrons. The van der Waals surface area contributed by atoms with Crippen molar-refractivity contribution in [3.8, 4) is 28.7 Å². The van der Waals surface area contributed by atoms with Gasteiger partial charge in [-0.3, -0.25) is 9.78 Å². The van der Waals surface area contributed by atoms with Gasteiger partial charge in [-0.15, -0.1) is 0 Å². The number of alkyl halides is 3. The van der Waals surface area contributed by atoms with Crippen LogP contribution in [0.2, 0.25) is 15.2 Å². The highest BCUT2D eigenvalue weighted by Gasteiger charge is 2.41. The summed E-state index contributed by atoms with van der Waals surface area (Å²) < 4.78 is 61.7. The Hall–Kier alpha value is -2.12. The molecule has 0 unspecified atom stereocenters. The lowest BCUT2D eigenvalue weighted by molar-refractivity contribution is -0.210. The summed E-state index contributed by atoms with van der Waals surface area (Å²) in [6.45, 7) is 2.34. The molecule has 0 aliphatic rings. The van der Waals surface area contributed by atoms with E-state index in [-0.39, 0.29) is 35.9 Å². The van der Waals surface area contributed by atoms with E-state index >= 15 is 4.39 Å². The number of carbonyl (C=O) groups is 1. The zero-order chi connectivity index (χ0) is 24.2. The summed E-state index contributed by atoms with van der Waals surface area (Å²) >= 11 is 18.4. The Morgan fingerprint density at radius 1 is 1.19 bits per heavy atom. The summed E-state index contributed by atoms with van der Waals surface area (Å²) in [6, 6.07) is 0.944. The molecule has 5 nitrogen and oxygen atoms in total. The summed E-state index contributed by atoms with van der Waals surface area (Å²) in [5.74, 6) is 3.03. The van der Waals surface area contributed by atoms with Gasteiger partial charge in [0.25, 0.3) is 0 Å². The maximum absolute atomic E-state index is 15.5. The van der Waals surface area contributed by atoms with Crippen molar-refractivity contribution >= 4 is 40.8 Å². The number of halogens is 7.